The quantitative estimate of drug-likeness (QED) is 0.822. The van der Waals surface area contributed by atoms with Gasteiger partial charge in [-0.15, -0.1) is 0 Å². The second-order valence-electron chi connectivity index (χ2n) is 5.09. The number of carbonyl (C=O) groups is 1. The zero-order chi connectivity index (χ0) is 14.6. The molecule has 0 radical (unpaired) electrons. The molecule has 0 saturated heterocycles. The Balaban J connectivity index is 3.15. The van der Waals surface area contributed by atoms with Crippen molar-refractivity contribution in [3.05, 3.63) is 22.7 Å². The molecule has 0 saturated carbocycles. The summed E-state index contributed by atoms with van der Waals surface area (Å²) in [6, 6.07) is -0.00157. The van der Waals surface area contributed by atoms with Gasteiger partial charge in [-0.2, -0.15) is 0 Å². The molecule has 1 rings (SSSR count). The van der Waals surface area contributed by atoms with E-state index < -0.39 is 11.5 Å². The lowest BCUT2D eigenvalue weighted by atomic mass is 9.96. The van der Waals surface area contributed by atoms with E-state index in [0.29, 0.717) is 12.8 Å². The average molecular weight is 267 g/mol. The first kappa shape index (κ1) is 15.2. The van der Waals surface area contributed by atoms with Gasteiger partial charge < -0.3 is 15.0 Å². The molecule has 0 bridgehead atoms. The van der Waals surface area contributed by atoms with Crippen LogP contribution in [-0.4, -0.2) is 26.2 Å². The number of hydrogen-bond donors (Lipinski definition) is 2. The van der Waals surface area contributed by atoms with Crippen molar-refractivity contribution in [1.82, 2.24) is 9.55 Å². The van der Waals surface area contributed by atoms with Crippen LogP contribution in [0.2, 0.25) is 0 Å². The lowest BCUT2D eigenvalue weighted by Crippen LogP contribution is -2.45. The number of hydrogen-bond acceptors (Lipinski definition) is 4. The molecular formula is C13H21N3O3. The lowest BCUT2D eigenvalue weighted by Gasteiger charge is -2.26. The molecule has 6 nitrogen and oxygen atoms in total. The fourth-order valence-electron chi connectivity index (χ4n) is 1.90. The molecule has 19 heavy (non-hydrogen) atoms. The number of aliphatic carboxylic acids is 1. The van der Waals surface area contributed by atoms with E-state index in [9.17, 15) is 14.7 Å². The Bertz CT molecular complexity index is 510. The summed E-state index contributed by atoms with van der Waals surface area (Å²) in [4.78, 5) is 27.5. The van der Waals surface area contributed by atoms with E-state index in [-0.39, 0.29) is 17.4 Å². The minimum Gasteiger partial charge on any atom is -0.480 e. The number of aromatic nitrogens is 2. The van der Waals surface area contributed by atoms with Gasteiger partial charge in [0.05, 0.1) is 0 Å². The SMILES string of the molecule is CCCC(C)(Nc1nccn(C(C)C)c1=O)C(=O)O. The van der Waals surface area contributed by atoms with Gasteiger partial charge in [0.2, 0.25) is 0 Å². The van der Waals surface area contributed by atoms with Gasteiger partial charge in [0, 0.05) is 18.4 Å². The molecule has 0 fully saturated rings. The predicted octanol–water partition coefficient (Wildman–Crippen LogP) is 1.88. The summed E-state index contributed by atoms with van der Waals surface area (Å²) in [5.74, 6) is -0.912. The van der Waals surface area contributed by atoms with Crippen LogP contribution in [0, 0.1) is 0 Å². The lowest BCUT2D eigenvalue weighted by molar-refractivity contribution is -0.142. The number of nitrogens with zero attached hydrogens (tertiary/aromatic N) is 2. The standard InChI is InChI=1S/C13H21N3O3/c1-5-6-13(4,12(18)19)15-10-11(17)16(9(2)3)8-7-14-10/h7-9H,5-6H2,1-4H3,(H,14,15)(H,18,19). The second kappa shape index (κ2) is 5.86. The summed E-state index contributed by atoms with van der Waals surface area (Å²) in [5.41, 5.74) is -1.49. The van der Waals surface area contributed by atoms with Crippen molar-refractivity contribution >= 4 is 11.8 Å². The molecule has 2 N–H and O–H groups in total. The predicted molar refractivity (Wildman–Crippen MR) is 73.5 cm³/mol. The Morgan fingerprint density at radius 2 is 2.21 bits per heavy atom. The summed E-state index contributed by atoms with van der Waals surface area (Å²) in [7, 11) is 0. The Hall–Kier alpha value is -1.85. The summed E-state index contributed by atoms with van der Waals surface area (Å²) in [6.07, 6.45) is 4.20. The average Bonchev–Trinajstić information content (AvgIpc) is 2.31. The highest BCUT2D eigenvalue weighted by molar-refractivity contribution is 5.81. The van der Waals surface area contributed by atoms with E-state index >= 15 is 0 Å². The largest absolute Gasteiger partial charge is 0.480 e. The molecule has 0 aliphatic carbocycles. The van der Waals surface area contributed by atoms with Crippen molar-refractivity contribution in [2.45, 2.75) is 52.1 Å². The van der Waals surface area contributed by atoms with E-state index in [1.165, 1.54) is 10.8 Å². The van der Waals surface area contributed by atoms with Crippen LogP contribution in [0.3, 0.4) is 0 Å². The van der Waals surface area contributed by atoms with Crippen molar-refractivity contribution in [1.29, 1.82) is 0 Å². The van der Waals surface area contributed by atoms with Crippen molar-refractivity contribution in [3.63, 3.8) is 0 Å². The van der Waals surface area contributed by atoms with Crippen LogP contribution in [-0.2, 0) is 4.79 Å². The van der Waals surface area contributed by atoms with Gasteiger partial charge in [-0.05, 0) is 27.2 Å². The third-order valence-corrected chi connectivity index (χ3v) is 3.04. The summed E-state index contributed by atoms with van der Waals surface area (Å²) >= 11 is 0. The maximum Gasteiger partial charge on any atom is 0.329 e. The van der Waals surface area contributed by atoms with Crippen LogP contribution in [0.4, 0.5) is 5.82 Å². The first-order chi connectivity index (χ1) is 8.81. The molecule has 1 aromatic heterocycles. The Labute approximate surface area is 112 Å². The maximum absolute atomic E-state index is 12.2. The van der Waals surface area contributed by atoms with Crippen LogP contribution in [0.1, 0.15) is 46.6 Å². The third-order valence-electron chi connectivity index (χ3n) is 3.04. The first-order valence-corrected chi connectivity index (χ1v) is 6.40. The van der Waals surface area contributed by atoms with Crippen molar-refractivity contribution in [2.24, 2.45) is 0 Å². The molecule has 1 aromatic rings. The monoisotopic (exact) mass is 267 g/mol. The highest BCUT2D eigenvalue weighted by Crippen LogP contribution is 2.17. The number of anilines is 1. The number of nitrogens with one attached hydrogen (secondary N) is 1. The van der Waals surface area contributed by atoms with Gasteiger partial charge in [-0.3, -0.25) is 4.79 Å². The number of carboxylic acid groups (broad SMARTS) is 1. The zero-order valence-electron chi connectivity index (χ0n) is 11.8. The van der Waals surface area contributed by atoms with E-state index in [2.05, 4.69) is 10.3 Å². The minimum atomic E-state index is -1.18. The molecule has 1 heterocycles. The molecule has 0 aliphatic rings. The fourth-order valence-corrected chi connectivity index (χ4v) is 1.90. The molecule has 0 amide bonds. The molecule has 0 aliphatic heterocycles. The topological polar surface area (TPSA) is 84.2 Å². The van der Waals surface area contributed by atoms with Crippen LogP contribution in [0.5, 0.6) is 0 Å². The van der Waals surface area contributed by atoms with Gasteiger partial charge in [0.1, 0.15) is 5.54 Å². The van der Waals surface area contributed by atoms with Crippen molar-refractivity contribution in [2.75, 3.05) is 5.32 Å². The number of carboxylic acids is 1. The van der Waals surface area contributed by atoms with E-state index in [1.807, 2.05) is 20.8 Å². The minimum absolute atomic E-state index is 0.00157. The first-order valence-electron chi connectivity index (χ1n) is 6.40. The summed E-state index contributed by atoms with van der Waals surface area (Å²) in [5, 5.41) is 12.1. The second-order valence-corrected chi connectivity index (χ2v) is 5.09. The Morgan fingerprint density at radius 3 is 2.68 bits per heavy atom. The van der Waals surface area contributed by atoms with E-state index in [1.54, 1.807) is 13.1 Å². The highest BCUT2D eigenvalue weighted by atomic mass is 16.4. The van der Waals surface area contributed by atoms with Crippen LogP contribution in [0.15, 0.2) is 17.2 Å². The van der Waals surface area contributed by atoms with Gasteiger partial charge in [-0.25, -0.2) is 9.78 Å². The van der Waals surface area contributed by atoms with Crippen molar-refractivity contribution < 1.29 is 9.90 Å². The fraction of sp³-hybridized carbons (Fsp3) is 0.615. The van der Waals surface area contributed by atoms with Crippen LogP contribution >= 0.6 is 0 Å². The molecule has 0 spiro atoms. The van der Waals surface area contributed by atoms with Gasteiger partial charge in [0.25, 0.3) is 5.56 Å². The zero-order valence-corrected chi connectivity index (χ0v) is 11.8. The van der Waals surface area contributed by atoms with Crippen LogP contribution in [0.25, 0.3) is 0 Å². The molecular weight excluding hydrogens is 246 g/mol. The third kappa shape index (κ3) is 3.33. The summed E-state index contributed by atoms with van der Waals surface area (Å²) in [6.45, 7) is 7.22. The molecule has 106 valence electrons. The smallest absolute Gasteiger partial charge is 0.329 e. The summed E-state index contributed by atoms with van der Waals surface area (Å²) < 4.78 is 1.52. The Morgan fingerprint density at radius 1 is 1.58 bits per heavy atom. The highest BCUT2D eigenvalue weighted by Gasteiger charge is 2.33. The molecule has 1 unspecified atom stereocenters. The van der Waals surface area contributed by atoms with Gasteiger partial charge in [-0.1, -0.05) is 13.3 Å². The number of rotatable bonds is 6. The van der Waals surface area contributed by atoms with Crippen molar-refractivity contribution in [3.8, 4) is 0 Å². The normalized spacial score (nSPS) is 14.2. The Kier molecular flexibility index (Phi) is 4.69. The maximum atomic E-state index is 12.2. The van der Waals surface area contributed by atoms with E-state index in [0.717, 1.165) is 0 Å². The van der Waals surface area contributed by atoms with Crippen LogP contribution < -0.4 is 10.9 Å². The van der Waals surface area contributed by atoms with Gasteiger partial charge >= 0.3 is 5.97 Å². The molecule has 1 atom stereocenters. The molecule has 6 heteroatoms. The van der Waals surface area contributed by atoms with Gasteiger partial charge in [0.15, 0.2) is 5.82 Å². The molecule has 0 aromatic carbocycles. The van der Waals surface area contributed by atoms with E-state index in [4.69, 9.17) is 0 Å².